The summed E-state index contributed by atoms with van der Waals surface area (Å²) >= 11 is 2.39. The van der Waals surface area contributed by atoms with Gasteiger partial charge in [-0.3, -0.25) is 19.3 Å². The molecule has 0 aliphatic carbocycles. The summed E-state index contributed by atoms with van der Waals surface area (Å²) in [6.45, 7) is 0.404. The monoisotopic (exact) mass is 812 g/mol. The number of nitrogens with two attached hydrogens (primary N) is 1. The van der Waals surface area contributed by atoms with Gasteiger partial charge in [-0.05, 0) is 30.2 Å². The first-order valence-electron chi connectivity index (χ1n) is 18.2. The van der Waals surface area contributed by atoms with E-state index in [-0.39, 0.29) is 33.9 Å². The molecule has 1 aromatic heterocycles. The molecule has 4 aromatic carbocycles. The van der Waals surface area contributed by atoms with Crippen LogP contribution in [-0.4, -0.2) is 75.2 Å². The SMILES string of the molecule is COc1cccc(N2CC/C(=C\C3=C(C(=O)O)N4C(=O)[C@@H](NC(=O)/C(=N\OC(c5ccccc5)(c5ccccc5)c5ccccc5)c5csc(N)n5)[C@H]4SC3)C2=O)c1. The number of carbonyl (C=O) groups excluding carboxylic acids is 3. The van der Waals surface area contributed by atoms with Gasteiger partial charge in [-0.2, -0.15) is 0 Å². The molecule has 2 saturated heterocycles. The largest absolute Gasteiger partial charge is 0.497 e. The molecule has 292 valence electrons. The van der Waals surface area contributed by atoms with Crippen molar-refractivity contribution < 1.29 is 33.9 Å². The van der Waals surface area contributed by atoms with Gasteiger partial charge < -0.3 is 30.6 Å². The van der Waals surface area contributed by atoms with Crippen LogP contribution in [0.3, 0.4) is 0 Å². The minimum absolute atomic E-state index is 0.132. The molecular formula is C43H36N6O7S2. The number of amides is 3. The molecule has 13 nitrogen and oxygen atoms in total. The summed E-state index contributed by atoms with van der Waals surface area (Å²) in [4.78, 5) is 68.0. The van der Waals surface area contributed by atoms with E-state index in [9.17, 15) is 24.3 Å². The highest BCUT2D eigenvalue weighted by Gasteiger charge is 2.54. The van der Waals surface area contributed by atoms with Crippen LogP contribution in [0.1, 0.15) is 28.8 Å². The van der Waals surface area contributed by atoms with E-state index in [1.54, 1.807) is 47.7 Å². The van der Waals surface area contributed by atoms with Gasteiger partial charge in [-0.25, -0.2) is 9.78 Å². The number of hydrogen-bond donors (Lipinski definition) is 3. The summed E-state index contributed by atoms with van der Waals surface area (Å²) in [7, 11) is 1.55. The molecule has 15 heteroatoms. The number of thiazole rings is 1. The summed E-state index contributed by atoms with van der Waals surface area (Å²) in [5.41, 5.74) is 7.99. The molecule has 3 aliphatic rings. The zero-order chi connectivity index (χ0) is 40.4. The number of aromatic nitrogens is 1. The Kier molecular flexibility index (Phi) is 10.6. The quantitative estimate of drug-likeness (QED) is 0.0476. The molecule has 3 amide bonds. The number of allylic oxidation sites excluding steroid dienone is 1. The van der Waals surface area contributed by atoms with Gasteiger partial charge in [0.2, 0.25) is 5.60 Å². The van der Waals surface area contributed by atoms with Crippen molar-refractivity contribution in [1.29, 1.82) is 0 Å². The minimum atomic E-state index is -1.32. The number of benzene rings is 4. The number of nitrogens with one attached hydrogen (secondary N) is 1. The van der Waals surface area contributed by atoms with Gasteiger partial charge in [0.1, 0.15) is 28.6 Å². The highest BCUT2D eigenvalue weighted by Crippen LogP contribution is 2.43. The number of nitrogens with zero attached hydrogens (tertiary/aromatic N) is 4. The molecule has 58 heavy (non-hydrogen) atoms. The minimum Gasteiger partial charge on any atom is -0.497 e. The first kappa shape index (κ1) is 38.2. The van der Waals surface area contributed by atoms with Crippen molar-refractivity contribution in [3.8, 4) is 5.75 Å². The van der Waals surface area contributed by atoms with Crippen LogP contribution in [-0.2, 0) is 29.6 Å². The van der Waals surface area contributed by atoms with Crippen molar-refractivity contribution in [2.45, 2.75) is 23.4 Å². The topological polar surface area (TPSA) is 177 Å². The van der Waals surface area contributed by atoms with Crippen LogP contribution in [0.2, 0.25) is 0 Å². The average molecular weight is 813 g/mol. The van der Waals surface area contributed by atoms with E-state index in [1.165, 1.54) is 11.8 Å². The van der Waals surface area contributed by atoms with E-state index < -0.39 is 34.8 Å². The molecule has 0 bridgehead atoms. The Morgan fingerprint density at radius 2 is 1.59 bits per heavy atom. The summed E-state index contributed by atoms with van der Waals surface area (Å²) in [5, 5.41) is 18.7. The maximum atomic E-state index is 14.3. The predicted octanol–water partition coefficient (Wildman–Crippen LogP) is 5.55. The summed E-state index contributed by atoms with van der Waals surface area (Å²) in [5.74, 6) is -2.19. The first-order valence-corrected chi connectivity index (χ1v) is 20.1. The summed E-state index contributed by atoms with van der Waals surface area (Å²) < 4.78 is 5.31. The highest BCUT2D eigenvalue weighted by atomic mass is 32.2. The number of anilines is 2. The molecule has 0 radical (unpaired) electrons. The number of carboxylic acids is 1. The third kappa shape index (κ3) is 6.98. The van der Waals surface area contributed by atoms with Crippen LogP contribution in [0.5, 0.6) is 5.75 Å². The summed E-state index contributed by atoms with van der Waals surface area (Å²) in [6.07, 6.45) is 1.96. The van der Waals surface area contributed by atoms with E-state index in [0.717, 1.165) is 32.9 Å². The Bertz CT molecular complexity index is 2390. The molecule has 4 heterocycles. The van der Waals surface area contributed by atoms with Crippen molar-refractivity contribution in [2.75, 3.05) is 30.0 Å². The lowest BCUT2D eigenvalue weighted by molar-refractivity contribution is -0.150. The lowest BCUT2D eigenvalue weighted by Gasteiger charge is -2.49. The van der Waals surface area contributed by atoms with E-state index in [0.29, 0.717) is 35.5 Å². The van der Waals surface area contributed by atoms with Gasteiger partial charge in [-0.15, -0.1) is 23.1 Å². The number of hydrogen-bond acceptors (Lipinski definition) is 11. The molecule has 0 saturated carbocycles. The van der Waals surface area contributed by atoms with Crippen molar-refractivity contribution in [3.05, 3.63) is 166 Å². The zero-order valence-corrected chi connectivity index (χ0v) is 32.6. The van der Waals surface area contributed by atoms with Crippen molar-refractivity contribution in [3.63, 3.8) is 0 Å². The standard InChI is InChI=1S/C43H36N6O7S2/c1-55-32-19-11-18-31(23-32)48-21-20-26(38(48)51)22-27-24-57-40-35(39(52)49(40)36(27)41(53)54)46-37(50)34(33-25-58-42(44)45-33)47-56-43(28-12-5-2-6-13-28,29-14-7-3-8-15-29)30-16-9-4-10-17-30/h2-19,22-23,25,35,40H,20-21,24H2,1H3,(H2,44,45)(H,46,50)(H,53,54)/b26-22+,47-34-/t35-,40-/m1/s1. The van der Waals surface area contributed by atoms with Crippen LogP contribution < -0.4 is 20.7 Å². The number of oxime groups is 1. The van der Waals surface area contributed by atoms with Gasteiger partial charge in [0.25, 0.3) is 17.7 Å². The fourth-order valence-electron chi connectivity index (χ4n) is 7.34. The Morgan fingerprint density at radius 1 is 0.948 bits per heavy atom. The number of thioether (sulfide) groups is 1. The second-order valence-electron chi connectivity index (χ2n) is 13.5. The number of fused-ring (bicyclic) bond motifs is 1. The first-order chi connectivity index (χ1) is 28.2. The van der Waals surface area contributed by atoms with Gasteiger partial charge in [0, 0.05) is 51.7 Å². The van der Waals surface area contributed by atoms with Crippen LogP contribution in [0, 0.1) is 0 Å². The molecule has 0 spiro atoms. The normalized spacial score (nSPS) is 18.8. The highest BCUT2D eigenvalue weighted by molar-refractivity contribution is 8.00. The van der Waals surface area contributed by atoms with Gasteiger partial charge in [0.15, 0.2) is 10.8 Å². The zero-order valence-electron chi connectivity index (χ0n) is 31.0. The van der Waals surface area contributed by atoms with Crippen LogP contribution in [0.15, 0.2) is 149 Å². The van der Waals surface area contributed by atoms with E-state index in [4.69, 9.17) is 15.3 Å². The Balaban J connectivity index is 1.09. The second-order valence-corrected chi connectivity index (χ2v) is 15.5. The smallest absolute Gasteiger partial charge is 0.352 e. The van der Waals surface area contributed by atoms with E-state index >= 15 is 0 Å². The fourth-order valence-corrected chi connectivity index (χ4v) is 9.19. The Labute approximate surface area is 341 Å². The van der Waals surface area contributed by atoms with Crippen molar-refractivity contribution >= 4 is 63.3 Å². The molecule has 2 fully saturated rings. The summed E-state index contributed by atoms with van der Waals surface area (Å²) in [6, 6.07) is 34.5. The maximum absolute atomic E-state index is 14.3. The molecule has 4 N–H and O–H groups in total. The molecule has 3 aliphatic heterocycles. The van der Waals surface area contributed by atoms with Gasteiger partial charge in [0.05, 0.1) is 7.11 Å². The fraction of sp³-hybridized carbons (Fsp3) is 0.163. The number of nitrogen functional groups attached to an aromatic ring is 1. The van der Waals surface area contributed by atoms with E-state index in [1.807, 2.05) is 91.0 Å². The lowest BCUT2D eigenvalue weighted by atomic mass is 9.80. The Morgan fingerprint density at radius 3 is 2.16 bits per heavy atom. The number of methoxy groups -OCH3 is 1. The number of aliphatic carboxylic acids is 1. The van der Waals surface area contributed by atoms with E-state index in [2.05, 4.69) is 15.5 Å². The van der Waals surface area contributed by atoms with Gasteiger partial charge in [-0.1, -0.05) is 102 Å². The molecule has 8 rings (SSSR count). The molecule has 2 atom stereocenters. The third-order valence-electron chi connectivity index (χ3n) is 10.1. The number of rotatable bonds is 12. The molecular weight excluding hydrogens is 777 g/mol. The number of carboxylic acid groups (broad SMARTS) is 1. The number of carbonyl (C=O) groups is 4. The molecule has 0 unspecified atom stereocenters. The van der Waals surface area contributed by atoms with Gasteiger partial charge >= 0.3 is 5.97 Å². The maximum Gasteiger partial charge on any atom is 0.352 e. The van der Waals surface area contributed by atoms with Crippen LogP contribution in [0.25, 0.3) is 0 Å². The average Bonchev–Trinajstić information content (AvgIpc) is 3.86. The van der Waals surface area contributed by atoms with Crippen molar-refractivity contribution in [1.82, 2.24) is 15.2 Å². The second kappa shape index (κ2) is 16.0. The van der Waals surface area contributed by atoms with Crippen molar-refractivity contribution in [2.24, 2.45) is 5.16 Å². The number of β-lactam (4-membered cyclic amide) rings is 1. The lowest BCUT2D eigenvalue weighted by Crippen LogP contribution is -2.71. The number of ether oxygens (including phenoxy) is 1. The predicted molar refractivity (Wildman–Crippen MR) is 221 cm³/mol. The third-order valence-corrected chi connectivity index (χ3v) is 12.1. The van der Waals surface area contributed by atoms with Crippen LogP contribution in [0.4, 0.5) is 10.8 Å². The van der Waals surface area contributed by atoms with Crippen LogP contribution >= 0.6 is 23.1 Å². The molecule has 5 aromatic rings. The Hall–Kier alpha value is -6.71.